The number of hydrogen-bond donors (Lipinski definition) is 1. The Hall–Kier alpha value is -7.24. The second-order valence-corrected chi connectivity index (χ2v) is 14.9. The van der Waals surface area contributed by atoms with Crippen LogP contribution in [-0.4, -0.2) is 109 Å². The van der Waals surface area contributed by atoms with Crippen molar-refractivity contribution in [3.63, 3.8) is 0 Å². The van der Waals surface area contributed by atoms with Crippen LogP contribution in [0.25, 0.3) is 0 Å². The Morgan fingerprint density at radius 1 is 0.446 bits per heavy atom. The zero-order chi connectivity index (χ0) is 45.9. The van der Waals surface area contributed by atoms with E-state index >= 15 is 0 Å². The predicted molar refractivity (Wildman–Crippen MR) is 225 cm³/mol. The molecule has 65 heavy (non-hydrogen) atoms. The van der Waals surface area contributed by atoms with Gasteiger partial charge in [-0.25, -0.2) is 24.0 Å². The van der Waals surface area contributed by atoms with Crippen LogP contribution in [0.4, 0.5) is 0 Å². The topological polar surface area (TPSA) is 206 Å². The average Bonchev–Trinajstić information content (AvgIpc) is 3.33. The van der Waals surface area contributed by atoms with Crippen molar-refractivity contribution in [1.29, 1.82) is 0 Å². The molecule has 0 unspecified atom stereocenters. The lowest BCUT2D eigenvalue weighted by Gasteiger charge is -2.48. The molecule has 336 valence electrons. The van der Waals surface area contributed by atoms with Gasteiger partial charge in [0.25, 0.3) is 0 Å². The maximum atomic E-state index is 13.9. The summed E-state index contributed by atoms with van der Waals surface area (Å²) in [6.07, 6.45) is -16.8. The molecular formula is C49H44O16. The molecule has 2 aliphatic heterocycles. The highest BCUT2D eigenvalue weighted by molar-refractivity contribution is 5.92. The summed E-state index contributed by atoms with van der Waals surface area (Å²) in [7, 11) is 0. The third-order valence-corrected chi connectivity index (χ3v) is 10.3. The summed E-state index contributed by atoms with van der Waals surface area (Å²) >= 11 is 0. The molecule has 0 bridgehead atoms. The van der Waals surface area contributed by atoms with Gasteiger partial charge in [0.2, 0.25) is 0 Å². The van der Waals surface area contributed by atoms with Crippen molar-refractivity contribution in [2.24, 2.45) is 0 Å². The molecule has 2 fully saturated rings. The van der Waals surface area contributed by atoms with E-state index in [4.69, 9.17) is 42.6 Å². The molecule has 0 radical (unpaired) electrons. The summed E-state index contributed by atoms with van der Waals surface area (Å²) < 4.78 is 54.2. The Morgan fingerprint density at radius 3 is 1.23 bits per heavy atom. The van der Waals surface area contributed by atoms with Gasteiger partial charge in [0.05, 0.1) is 33.9 Å². The quantitative estimate of drug-likeness (QED) is 0.108. The first kappa shape index (κ1) is 45.8. The minimum Gasteiger partial charge on any atom is -0.459 e. The Bertz CT molecular complexity index is 2400. The van der Waals surface area contributed by atoms with Crippen molar-refractivity contribution in [3.05, 3.63) is 179 Å². The molecule has 0 aromatic heterocycles. The number of benzene rings is 5. The number of rotatable bonds is 14. The van der Waals surface area contributed by atoms with Crippen LogP contribution in [0.2, 0.25) is 0 Å². The third-order valence-electron chi connectivity index (χ3n) is 10.3. The van der Waals surface area contributed by atoms with E-state index in [-0.39, 0.29) is 27.8 Å². The Labute approximate surface area is 372 Å². The van der Waals surface area contributed by atoms with Gasteiger partial charge in [-0.05, 0) is 67.6 Å². The number of hydrogen-bond acceptors (Lipinski definition) is 16. The van der Waals surface area contributed by atoms with E-state index in [2.05, 4.69) is 0 Å². The SMILES string of the molecule is CC(=O)O[C@@H]1[C@@H](OC(=O)c2ccccc2)[C@H](OC(=O)c2ccccc2)[C@H](O[C@@H]2[C@@H](OC(=O)c3ccccc3)[C@H](O)O[C@H](COC(=O)c3ccccc3)[C@@H]2OC(=O)c2ccccc2)O[C@H]1C. The number of ether oxygens (including phenoxy) is 9. The molecule has 5 aromatic carbocycles. The van der Waals surface area contributed by atoms with E-state index in [1.54, 1.807) is 91.0 Å². The molecule has 2 aliphatic rings. The summed E-state index contributed by atoms with van der Waals surface area (Å²) in [6.45, 7) is 1.96. The fourth-order valence-corrected chi connectivity index (χ4v) is 7.18. The van der Waals surface area contributed by atoms with Crippen LogP contribution in [0.1, 0.15) is 65.6 Å². The highest BCUT2D eigenvalue weighted by Gasteiger charge is 2.57. The van der Waals surface area contributed by atoms with Crippen molar-refractivity contribution in [1.82, 2.24) is 0 Å². The first-order valence-corrected chi connectivity index (χ1v) is 20.5. The number of aliphatic hydroxyl groups is 1. The Balaban J connectivity index is 1.32. The van der Waals surface area contributed by atoms with Gasteiger partial charge in [-0.3, -0.25) is 4.79 Å². The molecular weight excluding hydrogens is 845 g/mol. The van der Waals surface area contributed by atoms with E-state index < -0.39 is 104 Å². The molecule has 16 nitrogen and oxygen atoms in total. The molecule has 7 rings (SSSR count). The predicted octanol–water partition coefficient (Wildman–Crippen LogP) is 5.52. The maximum absolute atomic E-state index is 13.9. The normalized spacial score (nSPS) is 24.9. The lowest BCUT2D eigenvalue weighted by Crippen LogP contribution is -2.66. The van der Waals surface area contributed by atoms with Crippen molar-refractivity contribution < 1.29 is 76.5 Å². The van der Waals surface area contributed by atoms with E-state index in [0.29, 0.717) is 0 Å². The van der Waals surface area contributed by atoms with Crippen molar-refractivity contribution >= 4 is 35.8 Å². The standard InChI is InChI=1S/C49H44O16/c1-29-37(59-30(2)50)39(62-45(53)33-22-12-5-13-23-33)42(64-47(55)35-26-16-7-17-27-35)49(58-29)65-40-38(61-44(52)32-20-10-4-11-21-32)36(28-57-43(51)31-18-8-3-9-19-31)60-48(56)41(40)63-46(54)34-24-14-6-15-25-34/h3-27,29,36-42,48-49,56H,28H2,1-2H3/t29-,36+,37-,38-,39+,40-,41+,42-,48+,49-/m0/s1. The highest BCUT2D eigenvalue weighted by atomic mass is 16.8. The summed E-state index contributed by atoms with van der Waals surface area (Å²) in [6, 6.07) is 39.2. The lowest BCUT2D eigenvalue weighted by molar-refractivity contribution is -0.350. The zero-order valence-electron chi connectivity index (χ0n) is 35.0. The van der Waals surface area contributed by atoms with Gasteiger partial charge in [0.1, 0.15) is 18.8 Å². The van der Waals surface area contributed by atoms with Gasteiger partial charge in [0.15, 0.2) is 43.1 Å². The van der Waals surface area contributed by atoms with Gasteiger partial charge in [-0.15, -0.1) is 0 Å². The van der Waals surface area contributed by atoms with Crippen molar-refractivity contribution in [2.75, 3.05) is 6.61 Å². The van der Waals surface area contributed by atoms with Gasteiger partial charge in [-0.2, -0.15) is 0 Å². The lowest BCUT2D eigenvalue weighted by atomic mass is 9.96. The van der Waals surface area contributed by atoms with Crippen LogP contribution in [0.15, 0.2) is 152 Å². The van der Waals surface area contributed by atoms with Gasteiger partial charge in [0, 0.05) is 6.92 Å². The van der Waals surface area contributed by atoms with Crippen LogP contribution >= 0.6 is 0 Å². The molecule has 16 heteroatoms. The van der Waals surface area contributed by atoms with Gasteiger partial charge >= 0.3 is 35.8 Å². The maximum Gasteiger partial charge on any atom is 0.338 e. The largest absolute Gasteiger partial charge is 0.459 e. The van der Waals surface area contributed by atoms with Crippen LogP contribution in [-0.2, 0) is 47.4 Å². The summed E-state index contributed by atoms with van der Waals surface area (Å²) in [5.74, 6) is -5.30. The molecule has 0 amide bonds. The molecule has 0 saturated carbocycles. The van der Waals surface area contributed by atoms with Crippen LogP contribution in [0.3, 0.4) is 0 Å². The molecule has 5 aromatic rings. The van der Waals surface area contributed by atoms with Crippen molar-refractivity contribution in [3.8, 4) is 0 Å². The summed E-state index contributed by atoms with van der Waals surface area (Å²) in [4.78, 5) is 81.2. The highest BCUT2D eigenvalue weighted by Crippen LogP contribution is 2.36. The van der Waals surface area contributed by atoms with Crippen LogP contribution in [0.5, 0.6) is 0 Å². The molecule has 2 saturated heterocycles. The monoisotopic (exact) mass is 888 g/mol. The number of carbonyl (C=O) groups is 6. The van der Waals surface area contributed by atoms with Gasteiger partial charge < -0.3 is 47.7 Å². The van der Waals surface area contributed by atoms with Crippen LogP contribution < -0.4 is 0 Å². The first-order valence-electron chi connectivity index (χ1n) is 20.5. The fraction of sp³-hybridized carbons (Fsp3) is 0.265. The average molecular weight is 889 g/mol. The summed E-state index contributed by atoms with van der Waals surface area (Å²) in [5.41, 5.74) is 0.470. The minimum absolute atomic E-state index is 0.0597. The smallest absolute Gasteiger partial charge is 0.338 e. The summed E-state index contributed by atoms with van der Waals surface area (Å²) in [5, 5.41) is 11.7. The Kier molecular flexibility index (Phi) is 15.1. The zero-order valence-corrected chi connectivity index (χ0v) is 35.0. The van der Waals surface area contributed by atoms with E-state index in [1.807, 2.05) is 0 Å². The minimum atomic E-state index is -2.05. The van der Waals surface area contributed by atoms with E-state index in [0.717, 1.165) is 6.92 Å². The first-order chi connectivity index (χ1) is 31.5. The molecule has 0 spiro atoms. The molecule has 1 N–H and O–H groups in total. The second-order valence-electron chi connectivity index (χ2n) is 14.9. The van der Waals surface area contributed by atoms with E-state index in [9.17, 15) is 33.9 Å². The molecule has 2 heterocycles. The second kappa shape index (κ2) is 21.4. The number of aliphatic hydroxyl groups excluding tert-OH is 1. The third kappa shape index (κ3) is 11.5. The van der Waals surface area contributed by atoms with Crippen LogP contribution in [0, 0.1) is 0 Å². The molecule has 0 aliphatic carbocycles. The van der Waals surface area contributed by atoms with Crippen molar-refractivity contribution in [2.45, 2.75) is 75.3 Å². The number of esters is 6. The molecule has 10 atom stereocenters. The Morgan fingerprint density at radius 2 is 0.815 bits per heavy atom. The van der Waals surface area contributed by atoms with E-state index in [1.165, 1.54) is 67.6 Å². The fourth-order valence-electron chi connectivity index (χ4n) is 7.18. The number of carbonyl (C=O) groups excluding carboxylic acids is 6. The van der Waals surface area contributed by atoms with Gasteiger partial charge in [-0.1, -0.05) is 91.0 Å².